The summed E-state index contributed by atoms with van der Waals surface area (Å²) in [5, 5.41) is 0. The Morgan fingerprint density at radius 2 is 1.80 bits per heavy atom. The van der Waals surface area contributed by atoms with Gasteiger partial charge in [-0.25, -0.2) is 0 Å². The van der Waals surface area contributed by atoms with Gasteiger partial charge in [-0.05, 0) is 46.3 Å². The highest BCUT2D eigenvalue weighted by molar-refractivity contribution is 5.30. The van der Waals surface area contributed by atoms with E-state index in [4.69, 9.17) is 0 Å². The fraction of sp³-hybridized carbons (Fsp3) is 0.429. The molecule has 0 unspecified atom stereocenters. The number of hydrogen-bond acceptors (Lipinski definition) is 1. The van der Waals surface area contributed by atoms with Gasteiger partial charge >= 0.3 is 0 Å². The van der Waals surface area contributed by atoms with Gasteiger partial charge in [0.05, 0.1) is 0 Å². The van der Waals surface area contributed by atoms with Gasteiger partial charge in [-0.1, -0.05) is 24.8 Å². The lowest BCUT2D eigenvalue weighted by Gasteiger charge is -2.28. The van der Waals surface area contributed by atoms with E-state index in [1.165, 1.54) is 5.70 Å². The zero-order chi connectivity index (χ0) is 11.8. The van der Waals surface area contributed by atoms with Crippen LogP contribution >= 0.6 is 0 Å². The molecule has 0 saturated carbocycles. The molecule has 15 heavy (non-hydrogen) atoms. The minimum Gasteiger partial charge on any atom is -0.346 e. The smallest absolute Gasteiger partial charge is 0.0432 e. The molecule has 0 heterocycles. The molecule has 0 aliphatic heterocycles. The molecule has 0 spiro atoms. The lowest BCUT2D eigenvalue weighted by Crippen LogP contribution is -2.25. The Labute approximate surface area is 94.5 Å². The Bertz CT molecular complexity index is 280. The lowest BCUT2D eigenvalue weighted by atomic mass is 10.1. The molecule has 84 valence electrons. The van der Waals surface area contributed by atoms with Gasteiger partial charge in [0.25, 0.3) is 0 Å². The second-order valence-electron chi connectivity index (χ2n) is 3.84. The van der Waals surface area contributed by atoms with Gasteiger partial charge < -0.3 is 4.90 Å². The first kappa shape index (κ1) is 13.8. The third kappa shape index (κ3) is 4.68. The van der Waals surface area contributed by atoms with Gasteiger partial charge in [0, 0.05) is 17.9 Å². The third-order valence-electron chi connectivity index (χ3n) is 2.03. The summed E-state index contributed by atoms with van der Waals surface area (Å²) in [5.41, 5.74) is 2.25. The molecule has 0 N–H and O–H groups in total. The van der Waals surface area contributed by atoms with Crippen LogP contribution in [0.5, 0.6) is 0 Å². The van der Waals surface area contributed by atoms with Gasteiger partial charge in [0.2, 0.25) is 0 Å². The van der Waals surface area contributed by atoms with Crippen molar-refractivity contribution < 1.29 is 0 Å². The number of rotatable bonds is 5. The molecule has 0 saturated heterocycles. The van der Waals surface area contributed by atoms with Crippen LogP contribution in [0.3, 0.4) is 0 Å². The van der Waals surface area contributed by atoms with E-state index in [1.807, 2.05) is 39.0 Å². The lowest BCUT2D eigenvalue weighted by molar-refractivity contribution is 0.390. The predicted octanol–water partition coefficient (Wildman–Crippen LogP) is 4.27. The maximum Gasteiger partial charge on any atom is 0.0432 e. The molecule has 0 aromatic rings. The summed E-state index contributed by atoms with van der Waals surface area (Å²) < 4.78 is 0. The summed E-state index contributed by atoms with van der Waals surface area (Å²) in [4.78, 5) is 2.22. The summed E-state index contributed by atoms with van der Waals surface area (Å²) in [7, 11) is 0. The first-order valence-electron chi connectivity index (χ1n) is 5.44. The van der Waals surface area contributed by atoms with Crippen molar-refractivity contribution in [2.75, 3.05) is 0 Å². The SMILES string of the molecule is C=C(C)/C(=C\C=C/C)N(/C=C\C)C(C)C. The van der Waals surface area contributed by atoms with Crippen LogP contribution in [0.1, 0.15) is 34.6 Å². The van der Waals surface area contributed by atoms with Crippen molar-refractivity contribution >= 4 is 0 Å². The number of nitrogens with zero attached hydrogens (tertiary/aromatic N) is 1. The fourth-order valence-electron chi connectivity index (χ4n) is 1.33. The van der Waals surface area contributed by atoms with Crippen molar-refractivity contribution in [3.63, 3.8) is 0 Å². The van der Waals surface area contributed by atoms with Crippen LogP contribution in [0, 0.1) is 0 Å². The fourth-order valence-corrected chi connectivity index (χ4v) is 1.33. The molecule has 0 bridgehead atoms. The number of hydrogen-bond donors (Lipinski definition) is 0. The molecule has 0 amide bonds. The zero-order valence-corrected chi connectivity index (χ0v) is 10.6. The van der Waals surface area contributed by atoms with Gasteiger partial charge in [-0.2, -0.15) is 0 Å². The van der Waals surface area contributed by atoms with Gasteiger partial charge in [0.1, 0.15) is 0 Å². The molecule has 0 aromatic heterocycles. The summed E-state index contributed by atoms with van der Waals surface area (Å²) in [6.45, 7) is 14.4. The highest BCUT2D eigenvalue weighted by atomic mass is 15.1. The molecule has 0 radical (unpaired) electrons. The van der Waals surface area contributed by atoms with Gasteiger partial charge in [-0.3, -0.25) is 0 Å². The Balaban J connectivity index is 5.09. The van der Waals surface area contributed by atoms with Crippen molar-refractivity contribution in [1.29, 1.82) is 0 Å². The minimum absolute atomic E-state index is 0.439. The maximum atomic E-state index is 4.02. The van der Waals surface area contributed by atoms with Crippen LogP contribution in [0.15, 0.2) is 48.4 Å². The van der Waals surface area contributed by atoms with Crippen LogP contribution in [-0.4, -0.2) is 10.9 Å². The second kappa shape index (κ2) is 7.10. The molecule has 0 aromatic carbocycles. The summed E-state index contributed by atoms with van der Waals surface area (Å²) >= 11 is 0. The minimum atomic E-state index is 0.439. The molecule has 0 fully saturated rings. The Morgan fingerprint density at radius 1 is 1.20 bits per heavy atom. The first-order valence-corrected chi connectivity index (χ1v) is 5.44. The molecule has 0 aliphatic carbocycles. The van der Waals surface area contributed by atoms with Crippen LogP contribution in [0.25, 0.3) is 0 Å². The topological polar surface area (TPSA) is 3.24 Å². The van der Waals surface area contributed by atoms with Crippen molar-refractivity contribution in [2.45, 2.75) is 40.7 Å². The predicted molar refractivity (Wildman–Crippen MR) is 69.5 cm³/mol. The van der Waals surface area contributed by atoms with E-state index in [1.54, 1.807) is 0 Å². The van der Waals surface area contributed by atoms with Gasteiger partial charge in [-0.15, -0.1) is 0 Å². The monoisotopic (exact) mass is 205 g/mol. The van der Waals surface area contributed by atoms with Crippen molar-refractivity contribution in [3.05, 3.63) is 48.4 Å². The molecule has 0 atom stereocenters. The average molecular weight is 205 g/mol. The van der Waals surface area contributed by atoms with Gasteiger partial charge in [0.15, 0.2) is 0 Å². The molecule has 1 nitrogen and oxygen atoms in total. The van der Waals surface area contributed by atoms with Crippen LogP contribution in [-0.2, 0) is 0 Å². The highest BCUT2D eigenvalue weighted by Gasteiger charge is 2.09. The number of allylic oxidation sites excluding steroid dienone is 5. The second-order valence-corrected chi connectivity index (χ2v) is 3.84. The Kier molecular flexibility index (Phi) is 6.52. The van der Waals surface area contributed by atoms with E-state index in [9.17, 15) is 0 Å². The third-order valence-corrected chi connectivity index (χ3v) is 2.03. The highest BCUT2D eigenvalue weighted by Crippen LogP contribution is 2.17. The molecular weight excluding hydrogens is 182 g/mol. The van der Waals surface area contributed by atoms with Crippen LogP contribution < -0.4 is 0 Å². The zero-order valence-electron chi connectivity index (χ0n) is 10.6. The molecule has 0 rings (SSSR count). The Morgan fingerprint density at radius 3 is 2.13 bits per heavy atom. The first-order chi connectivity index (χ1) is 7.04. The molecular formula is C14H23N. The summed E-state index contributed by atoms with van der Waals surface area (Å²) in [6.07, 6.45) is 10.3. The standard InChI is InChI=1S/C14H23N/c1-7-9-10-14(12(3)4)15(11-8-2)13(5)6/h7-11,13H,3H2,1-2,4-6H3/b9-7-,11-8-,14-10+. The van der Waals surface area contributed by atoms with E-state index in [-0.39, 0.29) is 0 Å². The van der Waals surface area contributed by atoms with E-state index >= 15 is 0 Å². The van der Waals surface area contributed by atoms with E-state index in [0.717, 1.165) is 5.57 Å². The van der Waals surface area contributed by atoms with E-state index in [0.29, 0.717) is 6.04 Å². The maximum absolute atomic E-state index is 4.02. The molecule has 0 aliphatic rings. The largest absolute Gasteiger partial charge is 0.346 e. The van der Waals surface area contributed by atoms with E-state index in [2.05, 4.69) is 37.6 Å². The van der Waals surface area contributed by atoms with Crippen molar-refractivity contribution in [3.8, 4) is 0 Å². The normalized spacial score (nSPS) is 13.1. The molecule has 1 heteroatoms. The van der Waals surface area contributed by atoms with Crippen molar-refractivity contribution in [1.82, 2.24) is 4.90 Å². The summed E-state index contributed by atoms with van der Waals surface area (Å²) in [6, 6.07) is 0.439. The van der Waals surface area contributed by atoms with Crippen molar-refractivity contribution in [2.24, 2.45) is 0 Å². The van der Waals surface area contributed by atoms with E-state index < -0.39 is 0 Å². The van der Waals surface area contributed by atoms with Crippen LogP contribution in [0.2, 0.25) is 0 Å². The quantitative estimate of drug-likeness (QED) is 0.606. The summed E-state index contributed by atoms with van der Waals surface area (Å²) in [5.74, 6) is 0. The Hall–Kier alpha value is -1.24. The van der Waals surface area contributed by atoms with Crippen LogP contribution in [0.4, 0.5) is 0 Å². The average Bonchev–Trinajstić information content (AvgIpc) is 2.16.